The third-order valence-corrected chi connectivity index (χ3v) is 0.963. The molecule has 0 heterocycles. The lowest BCUT2D eigenvalue weighted by molar-refractivity contribution is -0.127. The molecule has 2 atom stereocenters. The van der Waals surface area contributed by atoms with Gasteiger partial charge in [0.15, 0.2) is 5.78 Å². The molecule has 2 unspecified atom stereocenters. The lowest BCUT2D eigenvalue weighted by atomic mass is 10.1. The van der Waals surface area contributed by atoms with E-state index in [1.54, 1.807) is 0 Å². The molecule has 0 aliphatic heterocycles. The number of hydrogen-bond acceptors (Lipinski definition) is 3. The number of aliphatic hydroxyl groups excluding tert-OH is 2. The molecule has 0 aromatic rings. The Morgan fingerprint density at radius 3 is 2.00 bits per heavy atom. The van der Waals surface area contributed by atoms with Crippen LogP contribution < -0.4 is 0 Å². The van der Waals surface area contributed by atoms with Gasteiger partial charge in [0.25, 0.3) is 0 Å². The second-order valence-electron chi connectivity index (χ2n) is 2.20. The van der Waals surface area contributed by atoms with Crippen molar-refractivity contribution in [2.75, 3.05) is 0 Å². The van der Waals surface area contributed by atoms with Crippen molar-refractivity contribution in [3.05, 3.63) is 0 Å². The van der Waals surface area contributed by atoms with Gasteiger partial charge in [-0.05, 0) is 13.8 Å². The first-order chi connectivity index (χ1) is 4.04. The summed E-state index contributed by atoms with van der Waals surface area (Å²) in [6.45, 7) is 2.91. The van der Waals surface area contributed by atoms with Gasteiger partial charge in [-0.2, -0.15) is 0 Å². The molecule has 3 heteroatoms. The molecule has 0 fully saturated rings. The van der Waals surface area contributed by atoms with Crippen molar-refractivity contribution in [3.63, 3.8) is 0 Å². The number of ketones is 1. The quantitative estimate of drug-likeness (QED) is 0.554. The molecule has 0 spiro atoms. The zero-order chi connectivity index (χ0) is 7.44. The van der Waals surface area contributed by atoms with Crippen LogP contribution in [0, 0.1) is 0 Å². The number of Topliss-reactive ketones (excluding diaryl/α,β-unsaturated/α-hetero) is 1. The Morgan fingerprint density at radius 2 is 1.89 bits per heavy atom. The fourth-order valence-electron chi connectivity index (χ4n) is 0.462. The highest BCUT2D eigenvalue weighted by molar-refractivity contribution is 5.82. The van der Waals surface area contributed by atoms with E-state index in [4.69, 9.17) is 10.2 Å². The normalized spacial score (nSPS) is 16.9. The van der Waals surface area contributed by atoms with Crippen molar-refractivity contribution in [3.8, 4) is 0 Å². The Labute approximate surface area is 54.3 Å². The molecule has 0 bridgehead atoms. The molecular weight excluding hydrogens is 120 g/mol. The maximum atomic E-state index is 10.5. The topological polar surface area (TPSA) is 57.5 Å². The second kappa shape index (κ2) is 3.58. The molecule has 2 N–H and O–H groups in total. The van der Waals surface area contributed by atoms with Gasteiger partial charge in [-0.25, -0.2) is 0 Å². The van der Waals surface area contributed by atoms with Crippen LogP contribution in [0.4, 0.5) is 0 Å². The maximum Gasteiger partial charge on any atom is 0.163 e. The number of rotatable bonds is 3. The molecule has 0 aromatic heterocycles. The summed E-state index contributed by atoms with van der Waals surface area (Å²) in [5.41, 5.74) is 0. The van der Waals surface area contributed by atoms with E-state index in [2.05, 4.69) is 0 Å². The van der Waals surface area contributed by atoms with Gasteiger partial charge in [-0.1, -0.05) is 0 Å². The smallest absolute Gasteiger partial charge is 0.163 e. The molecule has 0 amide bonds. The SMILES string of the molecule is CC(O)CC(=O)C(C)O. The van der Waals surface area contributed by atoms with E-state index in [0.29, 0.717) is 0 Å². The Hall–Kier alpha value is -0.410. The second-order valence-corrected chi connectivity index (χ2v) is 2.20. The summed E-state index contributed by atoms with van der Waals surface area (Å²) < 4.78 is 0. The van der Waals surface area contributed by atoms with Gasteiger partial charge < -0.3 is 10.2 Å². The summed E-state index contributed by atoms with van der Waals surface area (Å²) in [5, 5.41) is 17.2. The first-order valence-electron chi connectivity index (χ1n) is 2.93. The van der Waals surface area contributed by atoms with Gasteiger partial charge in [0, 0.05) is 6.42 Å². The Morgan fingerprint density at radius 1 is 1.44 bits per heavy atom. The lowest BCUT2D eigenvalue weighted by Crippen LogP contribution is -2.20. The minimum absolute atomic E-state index is 0.0394. The average molecular weight is 132 g/mol. The summed E-state index contributed by atoms with van der Waals surface area (Å²) in [7, 11) is 0. The van der Waals surface area contributed by atoms with E-state index < -0.39 is 12.2 Å². The van der Waals surface area contributed by atoms with Crippen LogP contribution in [0.1, 0.15) is 20.3 Å². The fourth-order valence-corrected chi connectivity index (χ4v) is 0.462. The number of aliphatic hydroxyl groups is 2. The highest BCUT2D eigenvalue weighted by atomic mass is 16.3. The average Bonchev–Trinajstić information content (AvgIpc) is 1.63. The molecular formula is C6H12O3. The molecule has 0 aliphatic carbocycles. The van der Waals surface area contributed by atoms with Crippen LogP contribution in [0.25, 0.3) is 0 Å². The number of carbonyl (C=O) groups excluding carboxylic acids is 1. The van der Waals surface area contributed by atoms with Crippen LogP contribution in [0.5, 0.6) is 0 Å². The van der Waals surface area contributed by atoms with Crippen molar-refractivity contribution in [1.29, 1.82) is 0 Å². The van der Waals surface area contributed by atoms with Crippen molar-refractivity contribution >= 4 is 5.78 Å². The summed E-state index contributed by atoms with van der Waals surface area (Å²) in [5.74, 6) is -0.315. The maximum absolute atomic E-state index is 10.5. The fraction of sp³-hybridized carbons (Fsp3) is 0.833. The van der Waals surface area contributed by atoms with Gasteiger partial charge in [-0.3, -0.25) is 4.79 Å². The van der Waals surface area contributed by atoms with Crippen LogP contribution in [0.2, 0.25) is 0 Å². The van der Waals surface area contributed by atoms with Crippen LogP contribution >= 0.6 is 0 Å². The molecule has 3 nitrogen and oxygen atoms in total. The Bertz CT molecular complexity index is 96.5. The van der Waals surface area contributed by atoms with Crippen molar-refractivity contribution < 1.29 is 15.0 Å². The van der Waals surface area contributed by atoms with Crippen LogP contribution in [0.15, 0.2) is 0 Å². The van der Waals surface area contributed by atoms with Crippen molar-refractivity contribution in [1.82, 2.24) is 0 Å². The van der Waals surface area contributed by atoms with E-state index in [1.165, 1.54) is 13.8 Å². The summed E-state index contributed by atoms with van der Waals surface area (Å²) >= 11 is 0. The lowest BCUT2D eigenvalue weighted by Gasteiger charge is -2.03. The largest absolute Gasteiger partial charge is 0.393 e. The minimum atomic E-state index is -0.945. The van der Waals surface area contributed by atoms with Crippen LogP contribution in [-0.2, 0) is 4.79 Å². The van der Waals surface area contributed by atoms with Crippen molar-refractivity contribution in [2.45, 2.75) is 32.5 Å². The standard InChI is InChI=1S/C6H12O3/c1-4(7)3-6(9)5(2)8/h4-5,7-8H,3H2,1-2H3. The van der Waals surface area contributed by atoms with Crippen molar-refractivity contribution in [2.24, 2.45) is 0 Å². The Balaban J connectivity index is 3.51. The van der Waals surface area contributed by atoms with E-state index in [1.807, 2.05) is 0 Å². The third-order valence-electron chi connectivity index (χ3n) is 0.963. The predicted octanol–water partition coefficient (Wildman–Crippen LogP) is -0.293. The zero-order valence-electron chi connectivity index (χ0n) is 5.66. The molecule has 0 aliphatic rings. The van der Waals surface area contributed by atoms with Gasteiger partial charge in [0.1, 0.15) is 6.10 Å². The van der Waals surface area contributed by atoms with E-state index in [0.717, 1.165) is 0 Å². The van der Waals surface area contributed by atoms with E-state index >= 15 is 0 Å². The Kier molecular flexibility index (Phi) is 3.42. The van der Waals surface area contributed by atoms with Gasteiger partial charge in [0.2, 0.25) is 0 Å². The highest BCUT2D eigenvalue weighted by Gasteiger charge is 2.10. The van der Waals surface area contributed by atoms with Crippen LogP contribution in [0.3, 0.4) is 0 Å². The molecule has 54 valence electrons. The molecule has 9 heavy (non-hydrogen) atoms. The van der Waals surface area contributed by atoms with Gasteiger partial charge in [-0.15, -0.1) is 0 Å². The summed E-state index contributed by atoms with van der Waals surface area (Å²) in [6, 6.07) is 0. The summed E-state index contributed by atoms with van der Waals surface area (Å²) in [6.07, 6.45) is -1.55. The third kappa shape index (κ3) is 4.12. The molecule has 0 saturated carbocycles. The molecule has 0 aromatic carbocycles. The first-order valence-corrected chi connectivity index (χ1v) is 2.93. The molecule has 0 rings (SSSR count). The first kappa shape index (κ1) is 8.59. The van der Waals surface area contributed by atoms with Crippen LogP contribution in [-0.4, -0.2) is 28.2 Å². The highest BCUT2D eigenvalue weighted by Crippen LogP contribution is 1.94. The number of carbonyl (C=O) groups is 1. The van der Waals surface area contributed by atoms with Gasteiger partial charge >= 0.3 is 0 Å². The predicted molar refractivity (Wildman–Crippen MR) is 33.0 cm³/mol. The molecule has 0 saturated heterocycles. The van der Waals surface area contributed by atoms with E-state index in [9.17, 15) is 4.79 Å². The van der Waals surface area contributed by atoms with Gasteiger partial charge in [0.05, 0.1) is 6.10 Å². The minimum Gasteiger partial charge on any atom is -0.393 e. The molecule has 0 radical (unpaired) electrons. The summed E-state index contributed by atoms with van der Waals surface area (Å²) in [4.78, 5) is 10.5. The zero-order valence-corrected chi connectivity index (χ0v) is 5.66. The monoisotopic (exact) mass is 132 g/mol. The van der Waals surface area contributed by atoms with E-state index in [-0.39, 0.29) is 12.2 Å². The number of hydrogen-bond donors (Lipinski definition) is 2.